The molecule has 3 heteroatoms. The number of aliphatic hydroxyl groups is 1. The van der Waals surface area contributed by atoms with Gasteiger partial charge in [0.25, 0.3) is 0 Å². The van der Waals surface area contributed by atoms with Crippen LogP contribution in [0, 0.1) is 0 Å². The molecule has 2 N–H and O–H groups in total. The Hall–Kier alpha value is -2.00. The van der Waals surface area contributed by atoms with Gasteiger partial charge in [0, 0.05) is 11.6 Å². The molecular weight excluding hydrogens is 276 g/mol. The van der Waals surface area contributed by atoms with Crippen LogP contribution < -0.4 is 4.74 Å². The topological polar surface area (TPSA) is 49.7 Å². The number of phenols is 1. The van der Waals surface area contributed by atoms with Crippen molar-refractivity contribution in [2.75, 3.05) is 0 Å². The molecule has 0 aliphatic heterocycles. The standard InChI is InChI=1S/C19H22O3/c20-18-13-16(22-15-9-5-2-6-10-15)11-12-17(18)19(21)14-7-3-1-4-8-14/h1,3-4,7-8,11-13,15,19-21H,2,5-6,9-10H2. The van der Waals surface area contributed by atoms with Crippen LogP contribution in [-0.2, 0) is 0 Å². The number of benzene rings is 2. The van der Waals surface area contributed by atoms with Crippen LogP contribution >= 0.6 is 0 Å². The molecule has 1 saturated carbocycles. The first-order chi connectivity index (χ1) is 10.7. The van der Waals surface area contributed by atoms with E-state index in [0.29, 0.717) is 11.3 Å². The second-order valence-corrected chi connectivity index (χ2v) is 5.91. The Morgan fingerprint density at radius 3 is 2.36 bits per heavy atom. The third-order valence-corrected chi connectivity index (χ3v) is 4.27. The number of aromatic hydroxyl groups is 1. The lowest BCUT2D eigenvalue weighted by Gasteiger charge is -2.23. The smallest absolute Gasteiger partial charge is 0.125 e. The molecule has 1 aliphatic carbocycles. The fourth-order valence-corrected chi connectivity index (χ4v) is 3.02. The Morgan fingerprint density at radius 2 is 1.68 bits per heavy atom. The third kappa shape index (κ3) is 3.42. The minimum absolute atomic E-state index is 0.0738. The van der Waals surface area contributed by atoms with E-state index in [1.54, 1.807) is 12.1 Å². The summed E-state index contributed by atoms with van der Waals surface area (Å²) >= 11 is 0. The van der Waals surface area contributed by atoms with Crippen molar-refractivity contribution in [2.45, 2.75) is 44.3 Å². The number of hydrogen-bond acceptors (Lipinski definition) is 3. The Labute approximate surface area is 131 Å². The van der Waals surface area contributed by atoms with Crippen molar-refractivity contribution >= 4 is 0 Å². The van der Waals surface area contributed by atoms with Crippen LogP contribution in [0.25, 0.3) is 0 Å². The first kappa shape index (κ1) is 14.9. The summed E-state index contributed by atoms with van der Waals surface area (Å²) in [6, 6.07) is 14.5. The van der Waals surface area contributed by atoms with Crippen molar-refractivity contribution in [3.8, 4) is 11.5 Å². The van der Waals surface area contributed by atoms with Gasteiger partial charge in [0.2, 0.25) is 0 Å². The van der Waals surface area contributed by atoms with E-state index in [1.165, 1.54) is 19.3 Å². The zero-order valence-corrected chi connectivity index (χ0v) is 12.6. The molecule has 2 aromatic carbocycles. The van der Waals surface area contributed by atoms with Crippen LogP contribution in [0.3, 0.4) is 0 Å². The summed E-state index contributed by atoms with van der Waals surface area (Å²) < 4.78 is 5.93. The predicted octanol–water partition coefficient (Wildman–Crippen LogP) is 4.19. The van der Waals surface area contributed by atoms with E-state index in [9.17, 15) is 10.2 Å². The molecule has 3 nitrogen and oxygen atoms in total. The van der Waals surface area contributed by atoms with Crippen molar-refractivity contribution in [3.63, 3.8) is 0 Å². The van der Waals surface area contributed by atoms with Gasteiger partial charge < -0.3 is 14.9 Å². The number of phenolic OH excluding ortho intramolecular Hbond substituents is 1. The fourth-order valence-electron chi connectivity index (χ4n) is 3.02. The van der Waals surface area contributed by atoms with E-state index in [2.05, 4.69) is 0 Å². The highest BCUT2D eigenvalue weighted by Crippen LogP contribution is 2.33. The molecule has 2 aromatic rings. The van der Waals surface area contributed by atoms with E-state index < -0.39 is 6.10 Å². The molecule has 1 fully saturated rings. The zero-order chi connectivity index (χ0) is 15.4. The second kappa shape index (κ2) is 6.84. The molecule has 0 spiro atoms. The molecule has 116 valence electrons. The Balaban J connectivity index is 1.74. The van der Waals surface area contributed by atoms with Crippen molar-refractivity contribution in [1.82, 2.24) is 0 Å². The molecular formula is C19H22O3. The van der Waals surface area contributed by atoms with Crippen LogP contribution in [0.2, 0.25) is 0 Å². The molecule has 0 aromatic heterocycles. The summed E-state index contributed by atoms with van der Waals surface area (Å²) in [5.74, 6) is 0.748. The molecule has 0 saturated heterocycles. The van der Waals surface area contributed by atoms with Crippen LogP contribution in [0.5, 0.6) is 11.5 Å². The molecule has 1 atom stereocenters. The summed E-state index contributed by atoms with van der Waals surface area (Å²) in [5, 5.41) is 20.6. The maximum atomic E-state index is 10.4. The highest BCUT2D eigenvalue weighted by molar-refractivity contribution is 5.44. The Bertz CT molecular complexity index is 603. The number of ether oxygens (including phenoxy) is 1. The molecule has 0 bridgehead atoms. The normalized spacial score (nSPS) is 17.1. The number of aliphatic hydroxyl groups excluding tert-OH is 1. The lowest BCUT2D eigenvalue weighted by Crippen LogP contribution is -2.19. The van der Waals surface area contributed by atoms with Crippen molar-refractivity contribution in [3.05, 3.63) is 59.7 Å². The van der Waals surface area contributed by atoms with E-state index in [-0.39, 0.29) is 11.9 Å². The van der Waals surface area contributed by atoms with Gasteiger partial charge in [-0.3, -0.25) is 0 Å². The summed E-state index contributed by atoms with van der Waals surface area (Å²) in [6.45, 7) is 0. The average molecular weight is 298 g/mol. The van der Waals surface area contributed by atoms with E-state index in [4.69, 9.17) is 4.74 Å². The van der Waals surface area contributed by atoms with Crippen molar-refractivity contribution in [1.29, 1.82) is 0 Å². The molecule has 0 radical (unpaired) electrons. The largest absolute Gasteiger partial charge is 0.507 e. The third-order valence-electron chi connectivity index (χ3n) is 4.27. The van der Waals surface area contributed by atoms with Gasteiger partial charge in [-0.25, -0.2) is 0 Å². The number of hydrogen-bond donors (Lipinski definition) is 2. The molecule has 0 heterocycles. The van der Waals surface area contributed by atoms with Gasteiger partial charge in [0.05, 0.1) is 6.10 Å². The lowest BCUT2D eigenvalue weighted by molar-refractivity contribution is 0.154. The minimum atomic E-state index is -0.829. The van der Waals surface area contributed by atoms with Gasteiger partial charge in [-0.2, -0.15) is 0 Å². The van der Waals surface area contributed by atoms with Gasteiger partial charge in [0.1, 0.15) is 17.6 Å². The van der Waals surface area contributed by atoms with Gasteiger partial charge in [-0.15, -0.1) is 0 Å². The van der Waals surface area contributed by atoms with Crippen molar-refractivity contribution < 1.29 is 14.9 Å². The Morgan fingerprint density at radius 1 is 0.955 bits per heavy atom. The molecule has 3 rings (SSSR count). The summed E-state index contributed by atoms with van der Waals surface area (Å²) in [6.07, 6.45) is 5.28. The quantitative estimate of drug-likeness (QED) is 0.890. The van der Waals surface area contributed by atoms with Crippen molar-refractivity contribution in [2.24, 2.45) is 0 Å². The predicted molar refractivity (Wildman–Crippen MR) is 86.1 cm³/mol. The van der Waals surface area contributed by atoms with Gasteiger partial charge in [-0.05, 0) is 43.4 Å². The van der Waals surface area contributed by atoms with Gasteiger partial charge in [0.15, 0.2) is 0 Å². The highest BCUT2D eigenvalue weighted by Gasteiger charge is 2.18. The summed E-state index contributed by atoms with van der Waals surface area (Å²) in [7, 11) is 0. The van der Waals surface area contributed by atoms with E-state index >= 15 is 0 Å². The molecule has 0 amide bonds. The highest BCUT2D eigenvalue weighted by atomic mass is 16.5. The molecule has 1 aliphatic rings. The van der Waals surface area contributed by atoms with E-state index in [0.717, 1.165) is 18.4 Å². The SMILES string of the molecule is Oc1cc(OC2CCCCC2)ccc1C(O)c1ccccc1. The van der Waals surface area contributed by atoms with Crippen LogP contribution in [0.1, 0.15) is 49.3 Å². The summed E-state index contributed by atoms with van der Waals surface area (Å²) in [5.41, 5.74) is 1.26. The first-order valence-electron chi connectivity index (χ1n) is 7.96. The van der Waals surface area contributed by atoms with Crippen LogP contribution in [-0.4, -0.2) is 16.3 Å². The molecule has 22 heavy (non-hydrogen) atoms. The van der Waals surface area contributed by atoms with Gasteiger partial charge >= 0.3 is 0 Å². The second-order valence-electron chi connectivity index (χ2n) is 5.91. The fraction of sp³-hybridized carbons (Fsp3) is 0.368. The monoisotopic (exact) mass is 298 g/mol. The first-order valence-corrected chi connectivity index (χ1v) is 7.96. The summed E-state index contributed by atoms with van der Waals surface area (Å²) in [4.78, 5) is 0. The van der Waals surface area contributed by atoms with Crippen LogP contribution in [0.4, 0.5) is 0 Å². The average Bonchev–Trinajstić information content (AvgIpc) is 2.56. The van der Waals surface area contributed by atoms with Gasteiger partial charge in [-0.1, -0.05) is 36.8 Å². The lowest BCUT2D eigenvalue weighted by atomic mass is 9.97. The van der Waals surface area contributed by atoms with E-state index in [1.807, 2.05) is 36.4 Å². The maximum Gasteiger partial charge on any atom is 0.125 e. The zero-order valence-electron chi connectivity index (χ0n) is 12.6. The van der Waals surface area contributed by atoms with Crippen LogP contribution in [0.15, 0.2) is 48.5 Å². The maximum absolute atomic E-state index is 10.4. The molecule has 1 unspecified atom stereocenters. The Kier molecular flexibility index (Phi) is 4.64. The number of rotatable bonds is 4. The minimum Gasteiger partial charge on any atom is -0.507 e.